The minimum absolute atomic E-state index is 0.0498. The number of hydrogen-bond donors (Lipinski definition) is 1. The van der Waals surface area contributed by atoms with E-state index < -0.39 is 0 Å². The smallest absolute Gasteiger partial charge is 0.253 e. The summed E-state index contributed by atoms with van der Waals surface area (Å²) in [5, 5.41) is 16.4. The zero-order valence-corrected chi connectivity index (χ0v) is 12.8. The van der Waals surface area contributed by atoms with Crippen LogP contribution in [0.2, 0.25) is 0 Å². The normalized spacial score (nSPS) is 15.1. The Bertz CT molecular complexity index is 693. The molecule has 1 aromatic carbocycles. The Morgan fingerprint density at radius 3 is 2.65 bits per heavy atom. The number of aliphatic hydroxyl groups excluding tert-OH is 1. The molecule has 120 valence electrons. The fourth-order valence-corrected chi connectivity index (χ4v) is 2.64. The molecule has 1 amide bonds. The van der Waals surface area contributed by atoms with Crippen molar-refractivity contribution in [3.8, 4) is 0 Å². The van der Waals surface area contributed by atoms with Gasteiger partial charge >= 0.3 is 0 Å². The summed E-state index contributed by atoms with van der Waals surface area (Å²) in [5.41, 5.74) is 18.0. The summed E-state index contributed by atoms with van der Waals surface area (Å²) in [7, 11) is 0. The number of likely N-dealkylation sites (tertiary alicyclic amines) is 1. The Morgan fingerprint density at radius 2 is 2.09 bits per heavy atom. The number of aliphatic hydroxyl groups is 1. The van der Waals surface area contributed by atoms with Crippen LogP contribution in [-0.2, 0) is 6.54 Å². The Morgan fingerprint density at radius 1 is 1.35 bits per heavy atom. The van der Waals surface area contributed by atoms with E-state index in [9.17, 15) is 9.90 Å². The molecule has 0 aromatic heterocycles. The van der Waals surface area contributed by atoms with Crippen LogP contribution in [0.5, 0.6) is 0 Å². The maximum Gasteiger partial charge on any atom is 0.253 e. The van der Waals surface area contributed by atoms with Crippen LogP contribution in [-0.4, -0.2) is 35.6 Å². The highest BCUT2D eigenvalue weighted by molar-refractivity contribution is 5.95. The van der Waals surface area contributed by atoms with E-state index in [0.29, 0.717) is 29.9 Å². The van der Waals surface area contributed by atoms with Crippen LogP contribution in [0.3, 0.4) is 0 Å². The largest absolute Gasteiger partial charge is 0.396 e. The molecular formula is C14H17N7O2. The molecule has 0 radical (unpaired) electrons. The summed E-state index contributed by atoms with van der Waals surface area (Å²) in [6.45, 7) is 3.10. The maximum absolute atomic E-state index is 12.5. The molecule has 0 spiro atoms. The van der Waals surface area contributed by atoms with Crippen molar-refractivity contribution < 1.29 is 9.90 Å². The summed E-state index contributed by atoms with van der Waals surface area (Å²) in [6.07, 6.45) is 0.800. The van der Waals surface area contributed by atoms with Crippen LogP contribution in [0, 0.1) is 5.41 Å². The average Bonchev–Trinajstić information content (AvgIpc) is 2.53. The molecule has 2 rings (SSSR count). The van der Waals surface area contributed by atoms with Crippen molar-refractivity contribution in [2.75, 3.05) is 19.7 Å². The number of nitrogens with zero attached hydrogens (tertiary/aromatic N) is 7. The van der Waals surface area contributed by atoms with Crippen molar-refractivity contribution in [1.29, 1.82) is 0 Å². The summed E-state index contributed by atoms with van der Waals surface area (Å²) >= 11 is 0. The highest BCUT2D eigenvalue weighted by atomic mass is 16.3. The van der Waals surface area contributed by atoms with Gasteiger partial charge in [0.2, 0.25) is 0 Å². The van der Waals surface area contributed by atoms with E-state index in [1.54, 1.807) is 17.0 Å². The minimum atomic E-state index is -0.216. The third-order valence-electron chi connectivity index (χ3n) is 4.13. The van der Waals surface area contributed by atoms with Gasteiger partial charge in [-0.25, -0.2) is 0 Å². The van der Waals surface area contributed by atoms with E-state index in [1.165, 1.54) is 6.07 Å². The van der Waals surface area contributed by atoms with E-state index >= 15 is 0 Å². The Labute approximate surface area is 132 Å². The summed E-state index contributed by atoms with van der Waals surface area (Å²) in [5.74, 6) is -0.195. The summed E-state index contributed by atoms with van der Waals surface area (Å²) < 4.78 is 0. The van der Waals surface area contributed by atoms with Crippen LogP contribution >= 0.6 is 0 Å². The molecule has 1 aliphatic heterocycles. The molecule has 0 unspecified atom stereocenters. The quantitative estimate of drug-likeness (QED) is 0.489. The second kappa shape index (κ2) is 7.02. The number of hydrogen-bond acceptors (Lipinski definition) is 4. The first-order chi connectivity index (χ1) is 11.1. The second-order valence-corrected chi connectivity index (χ2v) is 5.64. The monoisotopic (exact) mass is 315 g/mol. The molecule has 0 saturated carbocycles. The zero-order chi connectivity index (χ0) is 16.9. The van der Waals surface area contributed by atoms with Gasteiger partial charge in [0.05, 0.1) is 13.2 Å². The molecule has 1 aliphatic rings. The molecule has 0 aliphatic carbocycles. The highest BCUT2D eigenvalue weighted by Gasteiger charge is 2.43. The van der Waals surface area contributed by atoms with Gasteiger partial charge in [-0.2, -0.15) is 0 Å². The molecule has 1 N–H and O–H groups in total. The fraction of sp³-hybridized carbons (Fsp3) is 0.500. The maximum atomic E-state index is 12.5. The van der Waals surface area contributed by atoms with Crippen molar-refractivity contribution in [3.63, 3.8) is 0 Å². The molecule has 1 fully saturated rings. The van der Waals surface area contributed by atoms with Crippen LogP contribution in [0.1, 0.15) is 29.3 Å². The fourth-order valence-electron chi connectivity index (χ4n) is 2.64. The summed E-state index contributed by atoms with van der Waals surface area (Å²) in [4.78, 5) is 19.6. The first kappa shape index (κ1) is 16.6. The van der Waals surface area contributed by atoms with Crippen molar-refractivity contribution in [2.45, 2.75) is 19.9 Å². The van der Waals surface area contributed by atoms with Gasteiger partial charge in [0.1, 0.15) is 0 Å². The van der Waals surface area contributed by atoms with Gasteiger partial charge in [-0.1, -0.05) is 17.2 Å². The first-order valence-corrected chi connectivity index (χ1v) is 7.17. The van der Waals surface area contributed by atoms with Gasteiger partial charge in [0, 0.05) is 39.6 Å². The summed E-state index contributed by atoms with van der Waals surface area (Å²) in [6, 6.07) is 4.70. The lowest BCUT2D eigenvalue weighted by Crippen LogP contribution is -2.59. The SMILES string of the molecule is CCC1(CO)CN(C(=O)c2cc(CN=[N+]=[N-])cc(N=[N+]=[N-])c2)C1. The van der Waals surface area contributed by atoms with Crippen molar-refractivity contribution >= 4 is 11.6 Å². The molecule has 0 atom stereocenters. The van der Waals surface area contributed by atoms with Gasteiger partial charge in [0.25, 0.3) is 5.91 Å². The van der Waals surface area contributed by atoms with E-state index in [1.807, 2.05) is 6.92 Å². The predicted molar refractivity (Wildman–Crippen MR) is 83.8 cm³/mol. The van der Waals surface area contributed by atoms with E-state index in [4.69, 9.17) is 11.1 Å². The van der Waals surface area contributed by atoms with Gasteiger partial charge in [-0.05, 0) is 41.2 Å². The third kappa shape index (κ3) is 3.54. The molecule has 1 heterocycles. The zero-order valence-electron chi connectivity index (χ0n) is 12.8. The molecular weight excluding hydrogens is 298 g/mol. The number of carbonyl (C=O) groups is 1. The molecule has 1 saturated heterocycles. The number of carbonyl (C=O) groups excluding carboxylic acids is 1. The van der Waals surface area contributed by atoms with Crippen molar-refractivity contribution in [1.82, 2.24) is 4.90 Å². The first-order valence-electron chi connectivity index (χ1n) is 7.17. The predicted octanol–water partition coefficient (Wildman–Crippen LogP) is 3.28. The molecule has 0 bridgehead atoms. The van der Waals surface area contributed by atoms with Gasteiger partial charge < -0.3 is 10.0 Å². The second-order valence-electron chi connectivity index (χ2n) is 5.64. The lowest BCUT2D eigenvalue weighted by molar-refractivity contribution is -0.0293. The highest BCUT2D eigenvalue weighted by Crippen LogP contribution is 2.34. The van der Waals surface area contributed by atoms with Crippen molar-refractivity contribution in [2.24, 2.45) is 15.6 Å². The number of benzene rings is 1. The van der Waals surface area contributed by atoms with Crippen LogP contribution in [0.15, 0.2) is 28.4 Å². The number of amides is 1. The Kier molecular flexibility index (Phi) is 5.08. The van der Waals surface area contributed by atoms with Crippen LogP contribution in [0.4, 0.5) is 5.69 Å². The standard InChI is InChI=1S/C14H17N7O2/c1-2-14(9-22)7-21(8-14)13(23)11-3-10(6-17-19-15)4-12(5-11)18-20-16/h3-5,22H,2,6-9H2,1H3. The van der Waals surface area contributed by atoms with E-state index in [-0.39, 0.29) is 24.5 Å². The van der Waals surface area contributed by atoms with E-state index in [0.717, 1.165) is 6.42 Å². The van der Waals surface area contributed by atoms with Gasteiger partial charge in [-0.3, -0.25) is 4.79 Å². The van der Waals surface area contributed by atoms with Gasteiger partial charge in [-0.15, -0.1) is 0 Å². The van der Waals surface area contributed by atoms with Gasteiger partial charge in [0.15, 0.2) is 0 Å². The molecule has 9 heteroatoms. The lowest BCUT2D eigenvalue weighted by Gasteiger charge is -2.49. The topological polar surface area (TPSA) is 138 Å². The van der Waals surface area contributed by atoms with Crippen LogP contribution in [0.25, 0.3) is 20.9 Å². The van der Waals surface area contributed by atoms with Crippen LogP contribution < -0.4 is 0 Å². The molecule has 23 heavy (non-hydrogen) atoms. The number of rotatable bonds is 6. The lowest BCUT2D eigenvalue weighted by atomic mass is 9.78. The number of azide groups is 2. The molecule has 1 aromatic rings. The molecule has 9 nitrogen and oxygen atoms in total. The average molecular weight is 315 g/mol. The van der Waals surface area contributed by atoms with Crippen molar-refractivity contribution in [3.05, 3.63) is 50.2 Å². The minimum Gasteiger partial charge on any atom is -0.396 e. The Hall–Kier alpha value is -2.73. The Balaban J connectivity index is 2.24. The third-order valence-corrected chi connectivity index (χ3v) is 4.13. The van der Waals surface area contributed by atoms with E-state index in [2.05, 4.69) is 20.1 Å².